The van der Waals surface area contributed by atoms with Gasteiger partial charge in [0.1, 0.15) is 5.75 Å². The molecule has 26 heavy (non-hydrogen) atoms. The second-order valence-electron chi connectivity index (χ2n) is 7.54. The van der Waals surface area contributed by atoms with Crippen LogP contribution in [0.5, 0.6) is 5.75 Å². The first kappa shape index (κ1) is 20.4. The van der Waals surface area contributed by atoms with Crippen LogP contribution < -0.4 is 10.1 Å². The minimum atomic E-state index is -0.167. The van der Waals surface area contributed by atoms with Crippen molar-refractivity contribution in [3.05, 3.63) is 59.7 Å². The Bertz CT molecular complexity index is 717. The molecule has 0 heterocycles. The zero-order valence-corrected chi connectivity index (χ0v) is 17.3. The van der Waals surface area contributed by atoms with Gasteiger partial charge in [-0.1, -0.05) is 45.0 Å². The SMILES string of the molecule is COc1ccc(S[C@H](C)C(=O)N[C@H](C)c2ccc(C(C)(C)C)cc2)cc1. The Hall–Kier alpha value is -1.94. The number of nitrogens with one attached hydrogen (secondary N) is 1. The number of methoxy groups -OCH3 is 1. The van der Waals surface area contributed by atoms with Gasteiger partial charge in [-0.3, -0.25) is 4.79 Å². The van der Waals surface area contributed by atoms with E-state index in [0.29, 0.717) is 0 Å². The second kappa shape index (κ2) is 8.63. The van der Waals surface area contributed by atoms with Gasteiger partial charge in [0, 0.05) is 4.90 Å². The molecule has 1 N–H and O–H groups in total. The van der Waals surface area contributed by atoms with Gasteiger partial charge in [0.25, 0.3) is 0 Å². The summed E-state index contributed by atoms with van der Waals surface area (Å²) in [6.07, 6.45) is 0. The summed E-state index contributed by atoms with van der Waals surface area (Å²) in [5.41, 5.74) is 2.55. The number of thioether (sulfide) groups is 1. The fourth-order valence-corrected chi connectivity index (χ4v) is 3.47. The molecule has 2 atom stereocenters. The van der Waals surface area contributed by atoms with Crippen LogP contribution in [0.2, 0.25) is 0 Å². The quantitative estimate of drug-likeness (QED) is 0.696. The fraction of sp³-hybridized carbons (Fsp3) is 0.409. The van der Waals surface area contributed by atoms with E-state index < -0.39 is 0 Å². The van der Waals surface area contributed by atoms with Gasteiger partial charge in [-0.15, -0.1) is 11.8 Å². The second-order valence-corrected chi connectivity index (χ2v) is 8.95. The molecule has 0 aromatic heterocycles. The molecule has 2 aromatic rings. The number of ether oxygens (including phenoxy) is 1. The van der Waals surface area contributed by atoms with E-state index in [4.69, 9.17) is 4.74 Å². The van der Waals surface area contributed by atoms with E-state index in [0.717, 1.165) is 16.2 Å². The van der Waals surface area contributed by atoms with Crippen LogP contribution in [0.15, 0.2) is 53.4 Å². The van der Waals surface area contributed by atoms with Crippen LogP contribution in [0.3, 0.4) is 0 Å². The van der Waals surface area contributed by atoms with Crippen molar-refractivity contribution in [2.24, 2.45) is 0 Å². The molecule has 0 radical (unpaired) electrons. The predicted octanol–water partition coefficient (Wildman–Crippen LogP) is 5.35. The van der Waals surface area contributed by atoms with Gasteiger partial charge in [0.2, 0.25) is 5.91 Å². The van der Waals surface area contributed by atoms with E-state index in [1.807, 2.05) is 38.1 Å². The molecule has 0 aliphatic heterocycles. The first-order valence-electron chi connectivity index (χ1n) is 8.92. The molecule has 0 bridgehead atoms. The van der Waals surface area contributed by atoms with Crippen LogP contribution in [0.25, 0.3) is 0 Å². The van der Waals surface area contributed by atoms with E-state index in [-0.39, 0.29) is 22.6 Å². The number of carbonyl (C=O) groups excluding carboxylic acids is 1. The predicted molar refractivity (Wildman–Crippen MR) is 110 cm³/mol. The minimum absolute atomic E-state index is 0.0181. The average Bonchev–Trinajstić information content (AvgIpc) is 2.61. The highest BCUT2D eigenvalue weighted by atomic mass is 32.2. The number of rotatable bonds is 6. The summed E-state index contributed by atoms with van der Waals surface area (Å²) < 4.78 is 5.16. The topological polar surface area (TPSA) is 38.3 Å². The van der Waals surface area contributed by atoms with E-state index in [1.165, 1.54) is 5.56 Å². The van der Waals surface area contributed by atoms with Crippen molar-refractivity contribution in [3.63, 3.8) is 0 Å². The summed E-state index contributed by atoms with van der Waals surface area (Å²) in [5, 5.41) is 2.95. The Kier molecular flexibility index (Phi) is 6.76. The van der Waals surface area contributed by atoms with E-state index >= 15 is 0 Å². The van der Waals surface area contributed by atoms with Gasteiger partial charge in [0.15, 0.2) is 0 Å². The molecule has 0 spiro atoms. The zero-order chi connectivity index (χ0) is 19.3. The monoisotopic (exact) mass is 371 g/mol. The summed E-state index contributed by atoms with van der Waals surface area (Å²) >= 11 is 1.55. The average molecular weight is 372 g/mol. The molecule has 140 valence electrons. The van der Waals surface area contributed by atoms with Gasteiger partial charge < -0.3 is 10.1 Å². The van der Waals surface area contributed by atoms with Crippen molar-refractivity contribution in [3.8, 4) is 5.75 Å². The lowest BCUT2D eigenvalue weighted by Crippen LogP contribution is -2.33. The maximum absolute atomic E-state index is 12.5. The summed E-state index contributed by atoms with van der Waals surface area (Å²) in [6.45, 7) is 10.6. The molecule has 4 heteroatoms. The smallest absolute Gasteiger partial charge is 0.233 e. The summed E-state index contributed by atoms with van der Waals surface area (Å²) in [6, 6.07) is 16.2. The van der Waals surface area contributed by atoms with Crippen molar-refractivity contribution in [1.82, 2.24) is 5.32 Å². The third-order valence-electron chi connectivity index (χ3n) is 4.38. The van der Waals surface area contributed by atoms with Gasteiger partial charge in [-0.05, 0) is 54.7 Å². The normalized spacial score (nSPS) is 13.8. The molecule has 0 saturated carbocycles. The summed E-state index contributed by atoms with van der Waals surface area (Å²) in [4.78, 5) is 13.6. The summed E-state index contributed by atoms with van der Waals surface area (Å²) in [5.74, 6) is 0.858. The standard InChI is InChI=1S/C22H29NO2S/c1-15(17-7-9-18(10-8-17)22(3,4)5)23-21(24)16(2)26-20-13-11-19(25-6)12-14-20/h7-16H,1-6H3,(H,23,24)/t15-,16-/m1/s1. The van der Waals surface area contributed by atoms with E-state index in [2.05, 4.69) is 50.4 Å². The lowest BCUT2D eigenvalue weighted by molar-refractivity contribution is -0.120. The molecular formula is C22H29NO2S. The third-order valence-corrected chi connectivity index (χ3v) is 5.49. The number of carbonyl (C=O) groups is 1. The van der Waals surface area contributed by atoms with Crippen LogP contribution >= 0.6 is 11.8 Å². The molecule has 2 aromatic carbocycles. The van der Waals surface area contributed by atoms with E-state index in [1.54, 1.807) is 18.9 Å². The van der Waals surface area contributed by atoms with Gasteiger partial charge in [-0.2, -0.15) is 0 Å². The number of amides is 1. The van der Waals surface area contributed by atoms with Gasteiger partial charge in [0.05, 0.1) is 18.4 Å². The van der Waals surface area contributed by atoms with Crippen molar-refractivity contribution in [1.29, 1.82) is 0 Å². The van der Waals surface area contributed by atoms with Gasteiger partial charge in [-0.25, -0.2) is 0 Å². The van der Waals surface area contributed by atoms with Crippen LogP contribution in [-0.4, -0.2) is 18.3 Å². The molecule has 2 rings (SSSR count). The third kappa shape index (κ3) is 5.53. The molecule has 0 unspecified atom stereocenters. The Morgan fingerprint density at radius 3 is 2.08 bits per heavy atom. The lowest BCUT2D eigenvalue weighted by Gasteiger charge is -2.21. The van der Waals surface area contributed by atoms with Crippen LogP contribution in [-0.2, 0) is 10.2 Å². The first-order chi connectivity index (χ1) is 12.2. The van der Waals surface area contributed by atoms with Crippen LogP contribution in [0, 0.1) is 0 Å². The fourth-order valence-electron chi connectivity index (χ4n) is 2.60. The lowest BCUT2D eigenvalue weighted by atomic mass is 9.86. The minimum Gasteiger partial charge on any atom is -0.497 e. The first-order valence-corrected chi connectivity index (χ1v) is 9.80. The molecule has 3 nitrogen and oxygen atoms in total. The van der Waals surface area contributed by atoms with Gasteiger partial charge >= 0.3 is 0 Å². The molecular weight excluding hydrogens is 342 g/mol. The van der Waals surface area contributed by atoms with Crippen molar-refractivity contribution >= 4 is 17.7 Å². The molecule has 0 aliphatic carbocycles. The highest BCUT2D eigenvalue weighted by Gasteiger charge is 2.18. The molecule has 0 fully saturated rings. The van der Waals surface area contributed by atoms with Crippen LogP contribution in [0.1, 0.15) is 51.8 Å². The van der Waals surface area contributed by atoms with Crippen LogP contribution in [0.4, 0.5) is 0 Å². The maximum atomic E-state index is 12.5. The van der Waals surface area contributed by atoms with E-state index in [9.17, 15) is 4.79 Å². The summed E-state index contributed by atoms with van der Waals surface area (Å²) in [7, 11) is 1.65. The molecule has 1 amide bonds. The zero-order valence-electron chi connectivity index (χ0n) is 16.5. The Balaban J connectivity index is 1.94. The molecule has 0 aliphatic rings. The van der Waals surface area contributed by atoms with Crippen molar-refractivity contribution < 1.29 is 9.53 Å². The van der Waals surface area contributed by atoms with Crippen molar-refractivity contribution in [2.75, 3.05) is 7.11 Å². The van der Waals surface area contributed by atoms with Crippen molar-refractivity contribution in [2.45, 2.75) is 56.2 Å². The number of benzene rings is 2. The Labute approximate surface area is 161 Å². The highest BCUT2D eigenvalue weighted by molar-refractivity contribution is 8.00. The Morgan fingerprint density at radius 1 is 1.00 bits per heavy atom. The number of hydrogen-bond donors (Lipinski definition) is 1. The molecule has 0 saturated heterocycles. The largest absolute Gasteiger partial charge is 0.497 e. The highest BCUT2D eigenvalue weighted by Crippen LogP contribution is 2.27. The Morgan fingerprint density at radius 2 is 1.58 bits per heavy atom. The maximum Gasteiger partial charge on any atom is 0.233 e. The number of hydrogen-bond acceptors (Lipinski definition) is 3.